The summed E-state index contributed by atoms with van der Waals surface area (Å²) in [5.41, 5.74) is 7.85. The lowest BCUT2D eigenvalue weighted by molar-refractivity contribution is -0.0402. The van der Waals surface area contributed by atoms with Gasteiger partial charge in [0.15, 0.2) is 0 Å². The topological polar surface area (TPSA) is 17.4 Å². The maximum Gasteiger partial charge on any atom is 0.0658 e. The molecule has 5 aromatic rings. The van der Waals surface area contributed by atoms with Crippen molar-refractivity contribution in [3.63, 3.8) is 0 Å². The van der Waals surface area contributed by atoms with Crippen LogP contribution >= 0.6 is 0 Å². The summed E-state index contributed by atoms with van der Waals surface area (Å²) in [4.78, 5) is 2.62. The van der Waals surface area contributed by atoms with Gasteiger partial charge in [-0.3, -0.25) is 4.90 Å². The average Bonchev–Trinajstić information content (AvgIpc) is 3.24. The van der Waals surface area contributed by atoms with Crippen molar-refractivity contribution in [3.05, 3.63) is 120 Å². The van der Waals surface area contributed by atoms with Crippen LogP contribution in [0.5, 0.6) is 0 Å². The molecule has 7 rings (SSSR count). The van der Waals surface area contributed by atoms with Gasteiger partial charge in [-0.25, -0.2) is 0 Å². The van der Waals surface area contributed by atoms with E-state index in [0.717, 1.165) is 26.2 Å². The second-order valence-electron chi connectivity index (χ2n) is 9.73. The number of para-hydroxylation sites is 2. The summed E-state index contributed by atoms with van der Waals surface area (Å²) < 4.78 is 8.33. The molecule has 2 unspecified atom stereocenters. The van der Waals surface area contributed by atoms with E-state index in [-0.39, 0.29) is 0 Å². The number of morpholine rings is 1. The molecule has 0 radical (unpaired) electrons. The third-order valence-corrected chi connectivity index (χ3v) is 7.63. The summed E-state index contributed by atoms with van der Waals surface area (Å²) in [5.74, 6) is 0. The Balaban J connectivity index is 1.22. The Kier molecular flexibility index (Phi) is 5.04. The van der Waals surface area contributed by atoms with E-state index in [9.17, 15) is 0 Å². The lowest BCUT2D eigenvalue weighted by Crippen LogP contribution is -2.53. The van der Waals surface area contributed by atoms with Crippen LogP contribution in [0.2, 0.25) is 0 Å². The minimum absolute atomic E-state index is 0.328. The smallest absolute Gasteiger partial charge is 0.0658 e. The number of aromatic nitrogens is 1. The van der Waals surface area contributed by atoms with Crippen LogP contribution in [0.4, 0.5) is 0 Å². The average molecular weight is 457 g/mol. The largest absolute Gasteiger partial charge is 0.378 e. The van der Waals surface area contributed by atoms with Crippen LogP contribution in [0, 0.1) is 0 Å². The van der Waals surface area contributed by atoms with Crippen molar-refractivity contribution in [2.24, 2.45) is 0 Å². The molecule has 0 saturated carbocycles. The highest BCUT2D eigenvalue weighted by atomic mass is 16.5. The number of nitrogens with zero attached hydrogens (tertiary/aromatic N) is 2. The highest BCUT2D eigenvalue weighted by Crippen LogP contribution is 2.35. The molecule has 3 heterocycles. The van der Waals surface area contributed by atoms with Gasteiger partial charge in [0, 0.05) is 29.0 Å². The predicted molar refractivity (Wildman–Crippen MR) is 144 cm³/mol. The van der Waals surface area contributed by atoms with Gasteiger partial charge >= 0.3 is 0 Å². The van der Waals surface area contributed by atoms with Gasteiger partial charge in [0.1, 0.15) is 0 Å². The molecule has 1 aromatic heterocycles. The molecule has 4 aromatic carbocycles. The molecule has 1 fully saturated rings. The Morgan fingerprint density at radius 1 is 0.686 bits per heavy atom. The minimum atomic E-state index is 0.328. The molecule has 1 saturated heterocycles. The number of benzene rings is 4. The van der Waals surface area contributed by atoms with Crippen molar-refractivity contribution in [1.82, 2.24) is 9.47 Å². The molecule has 0 N–H and O–H groups in total. The molecule has 2 aliphatic rings. The summed E-state index contributed by atoms with van der Waals surface area (Å²) in [7, 11) is 0. The minimum Gasteiger partial charge on any atom is -0.378 e. The number of rotatable bonds is 4. The van der Waals surface area contributed by atoms with Crippen LogP contribution in [-0.2, 0) is 11.3 Å². The Labute approximate surface area is 205 Å². The summed E-state index contributed by atoms with van der Waals surface area (Å²) in [6, 6.07) is 38.1. The molecule has 3 nitrogen and oxygen atoms in total. The van der Waals surface area contributed by atoms with Gasteiger partial charge < -0.3 is 9.30 Å². The SMILES string of the molecule is C1=C(c2ccc(-n3c4ccccc4c4ccccc43)cc2)CC2COCC1N2Cc1ccccc1. The lowest BCUT2D eigenvalue weighted by atomic mass is 9.89. The van der Waals surface area contributed by atoms with Crippen molar-refractivity contribution >= 4 is 27.4 Å². The maximum atomic E-state index is 5.95. The van der Waals surface area contributed by atoms with E-state index >= 15 is 0 Å². The number of ether oxygens (including phenoxy) is 1. The molecule has 2 bridgehead atoms. The fourth-order valence-electron chi connectivity index (χ4n) is 5.94. The summed E-state index contributed by atoms with van der Waals surface area (Å²) in [6.07, 6.45) is 3.46. The molecular formula is C32H28N2O. The molecule has 172 valence electrons. The normalized spacial score (nSPS) is 20.3. The van der Waals surface area contributed by atoms with Gasteiger partial charge in [0.25, 0.3) is 0 Å². The summed E-state index contributed by atoms with van der Waals surface area (Å²) in [6.45, 7) is 2.56. The van der Waals surface area contributed by atoms with Gasteiger partial charge in [-0.15, -0.1) is 0 Å². The van der Waals surface area contributed by atoms with Gasteiger partial charge in [-0.2, -0.15) is 0 Å². The van der Waals surface area contributed by atoms with E-state index in [1.54, 1.807) is 0 Å². The number of fused-ring (bicyclic) bond motifs is 5. The first-order valence-electron chi connectivity index (χ1n) is 12.5. The van der Waals surface area contributed by atoms with E-state index in [2.05, 4.69) is 119 Å². The second-order valence-corrected chi connectivity index (χ2v) is 9.73. The Bertz CT molecular complexity index is 1480. The molecule has 2 aliphatic heterocycles. The monoisotopic (exact) mass is 456 g/mol. The molecule has 0 spiro atoms. The first-order chi connectivity index (χ1) is 17.3. The molecule has 2 atom stereocenters. The van der Waals surface area contributed by atoms with E-state index in [1.165, 1.54) is 44.2 Å². The second kappa shape index (κ2) is 8.53. The lowest BCUT2D eigenvalue weighted by Gasteiger charge is -2.45. The van der Waals surface area contributed by atoms with Gasteiger partial charge in [-0.1, -0.05) is 84.9 Å². The Morgan fingerprint density at radius 2 is 1.34 bits per heavy atom. The van der Waals surface area contributed by atoms with Crippen molar-refractivity contribution in [2.45, 2.75) is 25.0 Å². The van der Waals surface area contributed by atoms with Gasteiger partial charge in [-0.05, 0) is 47.4 Å². The third kappa shape index (κ3) is 3.59. The molecular weight excluding hydrogens is 428 g/mol. The molecule has 0 aliphatic carbocycles. The maximum absolute atomic E-state index is 5.95. The zero-order valence-electron chi connectivity index (χ0n) is 19.7. The van der Waals surface area contributed by atoms with Crippen LogP contribution in [0.1, 0.15) is 17.5 Å². The number of hydrogen-bond acceptors (Lipinski definition) is 2. The van der Waals surface area contributed by atoms with Crippen LogP contribution in [0.25, 0.3) is 33.1 Å². The third-order valence-electron chi connectivity index (χ3n) is 7.63. The first-order valence-corrected chi connectivity index (χ1v) is 12.5. The van der Waals surface area contributed by atoms with Crippen LogP contribution < -0.4 is 0 Å². The molecule has 0 amide bonds. The van der Waals surface area contributed by atoms with Gasteiger partial charge in [0.2, 0.25) is 0 Å². The highest BCUT2D eigenvalue weighted by molar-refractivity contribution is 6.09. The van der Waals surface area contributed by atoms with E-state index in [0.29, 0.717) is 12.1 Å². The molecule has 3 heteroatoms. The fraction of sp³-hybridized carbons (Fsp3) is 0.188. The van der Waals surface area contributed by atoms with Crippen LogP contribution in [0.3, 0.4) is 0 Å². The fourth-order valence-corrected chi connectivity index (χ4v) is 5.94. The van der Waals surface area contributed by atoms with Gasteiger partial charge in [0.05, 0.1) is 30.3 Å². The van der Waals surface area contributed by atoms with E-state index in [1.807, 2.05) is 0 Å². The van der Waals surface area contributed by atoms with Crippen molar-refractivity contribution in [3.8, 4) is 5.69 Å². The predicted octanol–water partition coefficient (Wildman–Crippen LogP) is 6.84. The zero-order chi connectivity index (χ0) is 23.2. The Morgan fingerprint density at radius 3 is 2.03 bits per heavy atom. The first kappa shape index (κ1) is 20.7. The molecule has 35 heavy (non-hydrogen) atoms. The number of hydrogen-bond donors (Lipinski definition) is 0. The van der Waals surface area contributed by atoms with Crippen LogP contribution in [0.15, 0.2) is 109 Å². The van der Waals surface area contributed by atoms with E-state index < -0.39 is 0 Å². The quantitative estimate of drug-likeness (QED) is 0.295. The van der Waals surface area contributed by atoms with Crippen molar-refractivity contribution in [1.29, 1.82) is 0 Å². The summed E-state index contributed by atoms with van der Waals surface area (Å²) in [5, 5.41) is 2.60. The zero-order valence-corrected chi connectivity index (χ0v) is 19.7. The summed E-state index contributed by atoms with van der Waals surface area (Å²) >= 11 is 0. The Hall–Kier alpha value is -3.66. The highest BCUT2D eigenvalue weighted by Gasteiger charge is 2.34. The van der Waals surface area contributed by atoms with E-state index in [4.69, 9.17) is 4.74 Å². The van der Waals surface area contributed by atoms with Crippen molar-refractivity contribution in [2.75, 3.05) is 13.2 Å². The standard InChI is InChI=1S/C32H28N2O/c1-2-8-23(9-3-1)20-33-27-18-25(19-28(33)22-35-21-27)24-14-16-26(17-15-24)34-31-12-6-4-10-29(31)30-11-5-7-13-32(30)34/h1-18,27-28H,19-22H2. The van der Waals surface area contributed by atoms with Crippen molar-refractivity contribution < 1.29 is 4.74 Å². The van der Waals surface area contributed by atoms with Crippen LogP contribution in [-0.4, -0.2) is 34.8 Å².